The standard InChI is InChI=1S/C31H43ClN2O5/c1-21(2)20-38-28-13-16-34(31(35)33-19-23-10-11-26(36-4)25(32)18-23)15-12-27(28)37-17-14-22(3)29-30(39-29)24-8-6-5-7-9-24/h5-11,18,21-22,27-30H,12-17,19-20H2,1-4H3,(H,33,35)/t22-,27+,28+,29+,30+/m0/s1. The fraction of sp³-hybridized carbons (Fsp3) is 0.581. The van der Waals surface area contributed by atoms with Gasteiger partial charge in [-0.05, 0) is 54.4 Å². The van der Waals surface area contributed by atoms with Crippen LogP contribution in [-0.2, 0) is 20.8 Å². The second-order valence-electron chi connectivity index (χ2n) is 11.1. The fourth-order valence-corrected chi connectivity index (χ4v) is 5.38. The lowest BCUT2D eigenvalue weighted by molar-refractivity contribution is -0.0820. The molecule has 2 aromatic rings. The number of rotatable bonds is 12. The highest BCUT2D eigenvalue weighted by Crippen LogP contribution is 2.44. The van der Waals surface area contributed by atoms with Gasteiger partial charge < -0.3 is 29.2 Å². The number of epoxide rings is 1. The van der Waals surface area contributed by atoms with Crippen LogP contribution in [0, 0.1) is 11.8 Å². The third-order valence-electron chi connectivity index (χ3n) is 7.49. The topological polar surface area (TPSA) is 72.6 Å². The summed E-state index contributed by atoms with van der Waals surface area (Å²) in [5, 5.41) is 3.56. The Bertz CT molecular complexity index is 1050. The number of urea groups is 1. The lowest BCUT2D eigenvalue weighted by atomic mass is 9.98. The lowest BCUT2D eigenvalue weighted by Gasteiger charge is -2.26. The summed E-state index contributed by atoms with van der Waals surface area (Å²) in [4.78, 5) is 14.9. The van der Waals surface area contributed by atoms with Crippen LogP contribution in [0.15, 0.2) is 48.5 Å². The number of halogens is 1. The number of ether oxygens (including phenoxy) is 4. The molecule has 214 valence electrons. The lowest BCUT2D eigenvalue weighted by Crippen LogP contribution is -2.40. The molecular weight excluding hydrogens is 516 g/mol. The maximum absolute atomic E-state index is 13.0. The zero-order valence-corrected chi connectivity index (χ0v) is 24.4. The van der Waals surface area contributed by atoms with Crippen molar-refractivity contribution in [3.8, 4) is 5.75 Å². The second-order valence-corrected chi connectivity index (χ2v) is 11.5. The smallest absolute Gasteiger partial charge is 0.317 e. The Labute approximate surface area is 238 Å². The molecule has 4 rings (SSSR count). The van der Waals surface area contributed by atoms with Crippen LogP contribution in [-0.4, -0.2) is 62.7 Å². The number of likely N-dealkylation sites (tertiary alicyclic amines) is 1. The first kappa shape index (κ1) is 29.7. The molecule has 0 aromatic heterocycles. The second kappa shape index (κ2) is 14.4. The first-order valence-electron chi connectivity index (χ1n) is 14.1. The summed E-state index contributed by atoms with van der Waals surface area (Å²) in [5.74, 6) is 1.46. The highest BCUT2D eigenvalue weighted by Gasteiger charge is 2.43. The molecule has 0 spiro atoms. The Hall–Kier alpha value is -2.32. The van der Waals surface area contributed by atoms with Crippen LogP contribution in [0.2, 0.25) is 5.02 Å². The number of amides is 2. The summed E-state index contributed by atoms with van der Waals surface area (Å²) in [6, 6.07) is 15.9. The monoisotopic (exact) mass is 558 g/mol. The Morgan fingerprint density at radius 1 is 1.08 bits per heavy atom. The van der Waals surface area contributed by atoms with Gasteiger partial charge >= 0.3 is 6.03 Å². The first-order chi connectivity index (χ1) is 18.9. The first-order valence-corrected chi connectivity index (χ1v) is 14.5. The van der Waals surface area contributed by atoms with E-state index in [9.17, 15) is 4.79 Å². The van der Waals surface area contributed by atoms with Gasteiger partial charge in [0, 0.05) is 32.8 Å². The molecule has 0 radical (unpaired) electrons. The Morgan fingerprint density at radius 2 is 1.79 bits per heavy atom. The summed E-state index contributed by atoms with van der Waals surface area (Å²) in [7, 11) is 1.58. The van der Waals surface area contributed by atoms with Gasteiger partial charge in [-0.3, -0.25) is 0 Å². The molecule has 39 heavy (non-hydrogen) atoms. The summed E-state index contributed by atoms with van der Waals surface area (Å²) in [5.41, 5.74) is 2.17. The van der Waals surface area contributed by atoms with Crippen LogP contribution >= 0.6 is 11.6 Å². The molecule has 2 aliphatic rings. The van der Waals surface area contributed by atoms with Crippen molar-refractivity contribution in [3.63, 3.8) is 0 Å². The minimum absolute atomic E-state index is 0.0323. The van der Waals surface area contributed by atoms with Crippen LogP contribution in [0.4, 0.5) is 4.79 Å². The molecule has 5 atom stereocenters. The Kier molecular flexibility index (Phi) is 10.9. The van der Waals surface area contributed by atoms with Crippen molar-refractivity contribution in [1.82, 2.24) is 10.2 Å². The minimum Gasteiger partial charge on any atom is -0.495 e. The van der Waals surface area contributed by atoms with Crippen molar-refractivity contribution < 1.29 is 23.7 Å². The fourth-order valence-electron chi connectivity index (χ4n) is 5.10. The number of hydrogen-bond donors (Lipinski definition) is 1. The van der Waals surface area contributed by atoms with E-state index in [2.05, 4.69) is 50.4 Å². The van der Waals surface area contributed by atoms with Crippen molar-refractivity contribution in [2.24, 2.45) is 11.8 Å². The molecule has 2 fully saturated rings. The average Bonchev–Trinajstić information content (AvgIpc) is 3.76. The molecule has 0 bridgehead atoms. The number of nitrogens with one attached hydrogen (secondary N) is 1. The molecule has 0 aliphatic carbocycles. The van der Waals surface area contributed by atoms with E-state index in [1.807, 2.05) is 29.2 Å². The molecular formula is C31H43ClN2O5. The quantitative estimate of drug-likeness (QED) is 0.312. The van der Waals surface area contributed by atoms with Crippen LogP contribution in [0.25, 0.3) is 0 Å². The van der Waals surface area contributed by atoms with Crippen LogP contribution in [0.1, 0.15) is 57.3 Å². The zero-order valence-electron chi connectivity index (χ0n) is 23.6. The van der Waals surface area contributed by atoms with Gasteiger partial charge in [0.2, 0.25) is 0 Å². The van der Waals surface area contributed by atoms with Gasteiger partial charge in [0.25, 0.3) is 0 Å². The maximum atomic E-state index is 13.0. The van der Waals surface area contributed by atoms with Crippen molar-refractivity contribution in [2.45, 2.75) is 71.0 Å². The van der Waals surface area contributed by atoms with Crippen LogP contribution in [0.3, 0.4) is 0 Å². The van der Waals surface area contributed by atoms with Crippen molar-refractivity contribution in [1.29, 1.82) is 0 Å². The van der Waals surface area contributed by atoms with Crippen molar-refractivity contribution in [3.05, 3.63) is 64.7 Å². The molecule has 2 aromatic carbocycles. The van der Waals surface area contributed by atoms with E-state index in [0.717, 1.165) is 24.8 Å². The van der Waals surface area contributed by atoms with Gasteiger partial charge in [-0.15, -0.1) is 0 Å². The molecule has 7 nitrogen and oxygen atoms in total. The third kappa shape index (κ3) is 8.58. The molecule has 0 unspecified atom stereocenters. The van der Waals surface area contributed by atoms with Gasteiger partial charge in [-0.2, -0.15) is 0 Å². The maximum Gasteiger partial charge on any atom is 0.317 e. The SMILES string of the molecule is COc1ccc(CNC(=O)N2CC[C@@H](OCC[C@H](C)[C@H]3O[C@@H]3c3ccccc3)[C@H](OCC(C)C)CC2)cc1Cl. The van der Waals surface area contributed by atoms with E-state index in [4.69, 9.17) is 30.5 Å². The molecule has 0 saturated carbocycles. The van der Waals surface area contributed by atoms with E-state index in [0.29, 0.717) is 55.5 Å². The highest BCUT2D eigenvalue weighted by molar-refractivity contribution is 6.32. The summed E-state index contributed by atoms with van der Waals surface area (Å²) < 4.78 is 23.9. The Morgan fingerprint density at radius 3 is 2.46 bits per heavy atom. The summed E-state index contributed by atoms with van der Waals surface area (Å²) in [6.45, 7) is 9.52. The van der Waals surface area contributed by atoms with Gasteiger partial charge in [0.1, 0.15) is 11.9 Å². The predicted molar refractivity (Wildman–Crippen MR) is 153 cm³/mol. The largest absolute Gasteiger partial charge is 0.495 e. The van der Waals surface area contributed by atoms with Crippen LogP contribution in [0.5, 0.6) is 5.75 Å². The zero-order chi connectivity index (χ0) is 27.8. The highest BCUT2D eigenvalue weighted by atomic mass is 35.5. The molecule has 2 amide bonds. The van der Waals surface area contributed by atoms with E-state index >= 15 is 0 Å². The van der Waals surface area contributed by atoms with Gasteiger partial charge in [0.05, 0.1) is 30.4 Å². The van der Waals surface area contributed by atoms with E-state index in [1.54, 1.807) is 7.11 Å². The molecule has 2 aliphatic heterocycles. The van der Waals surface area contributed by atoms with Crippen molar-refractivity contribution >= 4 is 17.6 Å². The van der Waals surface area contributed by atoms with E-state index in [-0.39, 0.29) is 30.4 Å². The van der Waals surface area contributed by atoms with Gasteiger partial charge in [-0.25, -0.2) is 4.79 Å². The average molecular weight is 559 g/mol. The van der Waals surface area contributed by atoms with E-state index in [1.165, 1.54) is 5.56 Å². The summed E-state index contributed by atoms with van der Waals surface area (Å²) >= 11 is 6.23. The third-order valence-corrected chi connectivity index (χ3v) is 7.79. The number of carbonyl (C=O) groups excluding carboxylic acids is 1. The number of carbonyl (C=O) groups is 1. The molecule has 2 saturated heterocycles. The number of methoxy groups -OCH3 is 1. The molecule has 2 heterocycles. The number of nitrogens with zero attached hydrogens (tertiary/aromatic N) is 1. The normalized spacial score (nSPS) is 23.8. The van der Waals surface area contributed by atoms with Crippen LogP contribution < -0.4 is 10.1 Å². The summed E-state index contributed by atoms with van der Waals surface area (Å²) in [6.07, 6.45) is 2.78. The van der Waals surface area contributed by atoms with Gasteiger partial charge in [-0.1, -0.05) is 68.8 Å². The molecule has 1 N–H and O–H groups in total. The van der Waals surface area contributed by atoms with E-state index < -0.39 is 0 Å². The molecule has 8 heteroatoms. The number of benzene rings is 2. The minimum atomic E-state index is -0.0864. The Balaban J connectivity index is 1.26. The number of hydrogen-bond acceptors (Lipinski definition) is 5. The van der Waals surface area contributed by atoms with Gasteiger partial charge in [0.15, 0.2) is 0 Å². The predicted octanol–water partition coefficient (Wildman–Crippen LogP) is 6.25. The van der Waals surface area contributed by atoms with Crippen molar-refractivity contribution in [2.75, 3.05) is 33.4 Å².